The fraction of sp³-hybridized carbons (Fsp3) is 0.357. The number of rotatable bonds is 10. The van der Waals surface area contributed by atoms with E-state index in [0.29, 0.717) is 26.3 Å². The first-order chi connectivity index (χ1) is 17.1. The van der Waals surface area contributed by atoms with Crippen molar-refractivity contribution >= 4 is 23.2 Å². The number of ether oxygens (including phenoxy) is 2. The van der Waals surface area contributed by atoms with Crippen LogP contribution in [0.25, 0.3) is 0 Å². The number of fused-ring (bicyclic) bond motifs is 1. The van der Waals surface area contributed by atoms with Crippen LogP contribution >= 0.6 is 11.3 Å². The van der Waals surface area contributed by atoms with E-state index in [1.807, 2.05) is 66.4 Å². The van der Waals surface area contributed by atoms with Crippen molar-refractivity contribution in [1.82, 2.24) is 9.80 Å². The van der Waals surface area contributed by atoms with Gasteiger partial charge in [-0.1, -0.05) is 48.5 Å². The highest BCUT2D eigenvalue weighted by atomic mass is 32.1. The molecule has 7 heteroatoms. The zero-order valence-corrected chi connectivity index (χ0v) is 21.1. The lowest BCUT2D eigenvalue weighted by Gasteiger charge is -2.37. The van der Waals surface area contributed by atoms with Gasteiger partial charge in [0.1, 0.15) is 12.4 Å². The second kappa shape index (κ2) is 12.0. The summed E-state index contributed by atoms with van der Waals surface area (Å²) >= 11 is 1.72. The summed E-state index contributed by atoms with van der Waals surface area (Å²) in [5.74, 6) is 0.669. The molecule has 1 aliphatic rings. The average Bonchev–Trinajstić information content (AvgIpc) is 3.35. The number of thiophene rings is 1. The molecular formula is C28H32N2O4S. The molecule has 3 aromatic rings. The van der Waals surface area contributed by atoms with Gasteiger partial charge in [-0.2, -0.15) is 0 Å². The molecule has 1 aromatic heterocycles. The molecule has 0 fully saturated rings. The molecule has 0 saturated heterocycles. The molecule has 0 spiro atoms. The molecule has 184 valence electrons. The molecule has 0 bridgehead atoms. The standard InChI is InChI=1S/C28H32N2O4S/c1-21-8-6-7-11-25(21)34-20-24-23-13-17-35-26(23)12-14-30(24)28(32)19-29(15-16-33-2)27(31)18-22-9-4-3-5-10-22/h3-11,13,17,24H,12,14-16,18-20H2,1-2H3/t24-/m0/s1. The number of carbonyl (C=O) groups is 2. The first-order valence-corrected chi connectivity index (χ1v) is 12.8. The summed E-state index contributed by atoms with van der Waals surface area (Å²) in [5.41, 5.74) is 3.13. The monoisotopic (exact) mass is 492 g/mol. The van der Waals surface area contributed by atoms with Gasteiger partial charge in [-0.3, -0.25) is 9.59 Å². The van der Waals surface area contributed by atoms with Crippen LogP contribution in [0.4, 0.5) is 0 Å². The van der Waals surface area contributed by atoms with E-state index in [-0.39, 0.29) is 30.8 Å². The van der Waals surface area contributed by atoms with E-state index in [2.05, 4.69) is 11.4 Å². The quantitative estimate of drug-likeness (QED) is 0.424. The van der Waals surface area contributed by atoms with E-state index in [1.165, 1.54) is 4.88 Å². The molecule has 0 saturated carbocycles. The minimum atomic E-state index is -0.189. The summed E-state index contributed by atoms with van der Waals surface area (Å²) in [4.78, 5) is 31.5. The summed E-state index contributed by atoms with van der Waals surface area (Å²) in [6, 6.07) is 19.4. The lowest BCUT2D eigenvalue weighted by atomic mass is 10.00. The SMILES string of the molecule is COCCN(CC(=O)N1CCc2sccc2[C@@H]1COc1ccccc1C)C(=O)Cc1ccccc1. The van der Waals surface area contributed by atoms with Crippen LogP contribution in [0.3, 0.4) is 0 Å². The highest BCUT2D eigenvalue weighted by Gasteiger charge is 2.33. The Bertz CT molecular complexity index is 1130. The van der Waals surface area contributed by atoms with Gasteiger partial charge in [0, 0.05) is 25.1 Å². The first-order valence-electron chi connectivity index (χ1n) is 11.9. The van der Waals surface area contributed by atoms with E-state index < -0.39 is 0 Å². The summed E-state index contributed by atoms with van der Waals surface area (Å²) in [6.45, 7) is 3.77. The molecule has 0 radical (unpaired) electrons. The number of hydrogen-bond acceptors (Lipinski definition) is 5. The second-order valence-electron chi connectivity index (χ2n) is 8.70. The number of methoxy groups -OCH3 is 1. The van der Waals surface area contributed by atoms with Crippen LogP contribution in [0.1, 0.15) is 27.6 Å². The van der Waals surface area contributed by atoms with Crippen molar-refractivity contribution < 1.29 is 19.1 Å². The summed E-state index contributed by atoms with van der Waals surface area (Å²) in [7, 11) is 1.60. The summed E-state index contributed by atoms with van der Waals surface area (Å²) in [6.07, 6.45) is 1.07. The number of para-hydroxylation sites is 1. The van der Waals surface area contributed by atoms with E-state index >= 15 is 0 Å². The molecule has 2 amide bonds. The lowest BCUT2D eigenvalue weighted by Crippen LogP contribution is -2.48. The fourth-order valence-corrected chi connectivity index (χ4v) is 5.32. The van der Waals surface area contributed by atoms with Gasteiger partial charge in [-0.15, -0.1) is 11.3 Å². The summed E-state index contributed by atoms with van der Waals surface area (Å²) < 4.78 is 11.4. The molecular weight excluding hydrogens is 460 g/mol. The van der Waals surface area contributed by atoms with Gasteiger partial charge in [0.25, 0.3) is 0 Å². The lowest BCUT2D eigenvalue weighted by molar-refractivity contribution is -0.142. The molecule has 35 heavy (non-hydrogen) atoms. The van der Waals surface area contributed by atoms with Crippen LogP contribution < -0.4 is 4.74 Å². The van der Waals surface area contributed by atoms with E-state index in [4.69, 9.17) is 9.47 Å². The van der Waals surface area contributed by atoms with Gasteiger partial charge in [0.15, 0.2) is 0 Å². The highest BCUT2D eigenvalue weighted by molar-refractivity contribution is 7.10. The van der Waals surface area contributed by atoms with Crippen molar-refractivity contribution in [1.29, 1.82) is 0 Å². The predicted octanol–water partition coefficient (Wildman–Crippen LogP) is 4.28. The predicted molar refractivity (Wildman–Crippen MR) is 138 cm³/mol. The van der Waals surface area contributed by atoms with Crippen molar-refractivity contribution in [2.24, 2.45) is 0 Å². The number of hydrogen-bond donors (Lipinski definition) is 0. The fourth-order valence-electron chi connectivity index (χ4n) is 4.39. The first kappa shape index (κ1) is 24.9. The van der Waals surface area contributed by atoms with E-state index in [0.717, 1.165) is 28.9 Å². The molecule has 6 nitrogen and oxygen atoms in total. The van der Waals surface area contributed by atoms with Crippen LogP contribution in [0.5, 0.6) is 5.75 Å². The molecule has 2 aromatic carbocycles. The van der Waals surface area contributed by atoms with Crippen LogP contribution in [0.15, 0.2) is 66.0 Å². The third kappa shape index (κ3) is 6.29. The Morgan fingerprint density at radius 2 is 1.86 bits per heavy atom. The van der Waals surface area contributed by atoms with Crippen molar-refractivity contribution in [3.8, 4) is 5.75 Å². The molecule has 1 aliphatic heterocycles. The second-order valence-corrected chi connectivity index (χ2v) is 9.70. The number of amides is 2. The minimum absolute atomic E-state index is 0.0232. The summed E-state index contributed by atoms with van der Waals surface area (Å²) in [5, 5.41) is 2.08. The van der Waals surface area contributed by atoms with Crippen molar-refractivity contribution in [2.75, 3.05) is 40.0 Å². The van der Waals surface area contributed by atoms with Gasteiger partial charge in [-0.25, -0.2) is 0 Å². The molecule has 2 heterocycles. The van der Waals surface area contributed by atoms with Crippen molar-refractivity contribution in [3.63, 3.8) is 0 Å². The largest absolute Gasteiger partial charge is 0.491 e. The van der Waals surface area contributed by atoms with Crippen molar-refractivity contribution in [3.05, 3.63) is 87.6 Å². The Balaban J connectivity index is 1.49. The topological polar surface area (TPSA) is 59.1 Å². The van der Waals surface area contributed by atoms with Gasteiger partial charge in [-0.05, 0) is 47.5 Å². The minimum Gasteiger partial charge on any atom is -0.491 e. The third-order valence-corrected chi connectivity index (χ3v) is 7.34. The molecule has 1 atom stereocenters. The Kier molecular flexibility index (Phi) is 8.55. The van der Waals surface area contributed by atoms with Crippen LogP contribution in [0, 0.1) is 6.92 Å². The zero-order chi connectivity index (χ0) is 24.6. The van der Waals surface area contributed by atoms with Gasteiger partial charge >= 0.3 is 0 Å². The zero-order valence-electron chi connectivity index (χ0n) is 20.3. The number of benzene rings is 2. The molecule has 0 aliphatic carbocycles. The van der Waals surface area contributed by atoms with Gasteiger partial charge in [0.2, 0.25) is 11.8 Å². The van der Waals surface area contributed by atoms with E-state index in [9.17, 15) is 9.59 Å². The van der Waals surface area contributed by atoms with Crippen LogP contribution in [-0.4, -0.2) is 61.6 Å². The maximum absolute atomic E-state index is 13.6. The number of aryl methyl sites for hydroxylation is 1. The van der Waals surface area contributed by atoms with E-state index in [1.54, 1.807) is 23.3 Å². The Morgan fingerprint density at radius 3 is 2.63 bits per heavy atom. The Hall–Kier alpha value is -3.16. The molecule has 0 N–H and O–H groups in total. The smallest absolute Gasteiger partial charge is 0.242 e. The maximum atomic E-state index is 13.6. The maximum Gasteiger partial charge on any atom is 0.242 e. The van der Waals surface area contributed by atoms with Crippen LogP contribution in [-0.2, 0) is 27.2 Å². The Morgan fingerprint density at radius 1 is 1.09 bits per heavy atom. The number of nitrogens with zero attached hydrogens (tertiary/aromatic N) is 2. The van der Waals surface area contributed by atoms with Crippen molar-refractivity contribution in [2.45, 2.75) is 25.8 Å². The molecule has 0 unspecified atom stereocenters. The highest BCUT2D eigenvalue weighted by Crippen LogP contribution is 2.34. The normalized spacial score (nSPS) is 14.9. The number of carbonyl (C=O) groups excluding carboxylic acids is 2. The van der Waals surface area contributed by atoms with Gasteiger partial charge < -0.3 is 19.3 Å². The third-order valence-electron chi connectivity index (χ3n) is 6.35. The molecule has 4 rings (SSSR count). The van der Waals surface area contributed by atoms with Gasteiger partial charge in [0.05, 0.1) is 25.6 Å². The Labute approximate surface area is 211 Å². The van der Waals surface area contributed by atoms with Crippen LogP contribution in [0.2, 0.25) is 0 Å². The average molecular weight is 493 g/mol.